The van der Waals surface area contributed by atoms with Gasteiger partial charge in [-0.3, -0.25) is 0 Å². The van der Waals surface area contributed by atoms with E-state index in [1.807, 2.05) is 45.4 Å². The molecule has 1 heterocycles. The lowest BCUT2D eigenvalue weighted by Gasteiger charge is -2.21. The molecule has 0 radical (unpaired) electrons. The second-order valence-corrected chi connectivity index (χ2v) is 6.23. The standard InChI is InChI=1S/C15H18ClFN2/c1-9-18-8-13(19(9)5)10-6-11(15(2,3)4)14(17)12(16)7-10/h6-8H,1-5H3. The van der Waals surface area contributed by atoms with Gasteiger partial charge in [0, 0.05) is 12.6 Å². The van der Waals surface area contributed by atoms with Gasteiger partial charge in [-0.05, 0) is 30.0 Å². The Morgan fingerprint density at radius 1 is 1.26 bits per heavy atom. The van der Waals surface area contributed by atoms with E-state index in [-0.39, 0.29) is 16.3 Å². The maximum atomic E-state index is 14.1. The lowest BCUT2D eigenvalue weighted by atomic mass is 9.85. The van der Waals surface area contributed by atoms with Crippen molar-refractivity contribution in [1.82, 2.24) is 9.55 Å². The number of hydrogen-bond acceptors (Lipinski definition) is 1. The van der Waals surface area contributed by atoms with Crippen molar-refractivity contribution < 1.29 is 4.39 Å². The molecular formula is C15H18ClFN2. The molecule has 19 heavy (non-hydrogen) atoms. The van der Waals surface area contributed by atoms with Gasteiger partial charge in [0.1, 0.15) is 11.6 Å². The van der Waals surface area contributed by atoms with Gasteiger partial charge in [0.05, 0.1) is 16.9 Å². The topological polar surface area (TPSA) is 17.8 Å². The van der Waals surface area contributed by atoms with Crippen molar-refractivity contribution in [1.29, 1.82) is 0 Å². The van der Waals surface area contributed by atoms with Crippen molar-refractivity contribution in [2.24, 2.45) is 7.05 Å². The molecule has 0 fully saturated rings. The number of benzene rings is 1. The van der Waals surface area contributed by atoms with Crippen LogP contribution in [0.25, 0.3) is 11.3 Å². The Hall–Kier alpha value is -1.35. The second-order valence-electron chi connectivity index (χ2n) is 5.82. The predicted molar refractivity (Wildman–Crippen MR) is 77.0 cm³/mol. The van der Waals surface area contributed by atoms with Crippen molar-refractivity contribution in [2.75, 3.05) is 0 Å². The summed E-state index contributed by atoms with van der Waals surface area (Å²) in [6, 6.07) is 3.51. The fraction of sp³-hybridized carbons (Fsp3) is 0.400. The first kappa shape index (κ1) is 14.1. The maximum Gasteiger partial charge on any atom is 0.145 e. The number of rotatable bonds is 1. The SMILES string of the molecule is Cc1ncc(-c2cc(Cl)c(F)c(C(C)(C)C)c2)n1C. The minimum absolute atomic E-state index is 0.154. The number of hydrogen-bond donors (Lipinski definition) is 0. The highest BCUT2D eigenvalue weighted by Crippen LogP contribution is 2.34. The van der Waals surface area contributed by atoms with Crippen molar-refractivity contribution in [2.45, 2.75) is 33.1 Å². The molecule has 1 aromatic heterocycles. The minimum atomic E-state index is -0.336. The van der Waals surface area contributed by atoms with Gasteiger partial charge in [-0.2, -0.15) is 0 Å². The third kappa shape index (κ3) is 2.52. The minimum Gasteiger partial charge on any atom is -0.331 e. The van der Waals surface area contributed by atoms with E-state index in [2.05, 4.69) is 4.98 Å². The van der Waals surface area contributed by atoms with Crippen LogP contribution < -0.4 is 0 Å². The molecular weight excluding hydrogens is 263 g/mol. The molecule has 0 saturated heterocycles. The van der Waals surface area contributed by atoms with Gasteiger partial charge in [0.25, 0.3) is 0 Å². The van der Waals surface area contributed by atoms with E-state index < -0.39 is 0 Å². The maximum absolute atomic E-state index is 14.1. The number of nitrogens with zero attached hydrogens (tertiary/aromatic N) is 2. The monoisotopic (exact) mass is 280 g/mol. The van der Waals surface area contributed by atoms with Crippen LogP contribution >= 0.6 is 11.6 Å². The Morgan fingerprint density at radius 2 is 1.89 bits per heavy atom. The number of aryl methyl sites for hydroxylation is 1. The highest BCUT2D eigenvalue weighted by Gasteiger charge is 2.22. The summed E-state index contributed by atoms with van der Waals surface area (Å²) < 4.78 is 16.1. The summed E-state index contributed by atoms with van der Waals surface area (Å²) in [5.74, 6) is 0.574. The van der Waals surface area contributed by atoms with Crippen LogP contribution in [-0.4, -0.2) is 9.55 Å². The lowest BCUT2D eigenvalue weighted by Crippen LogP contribution is -2.14. The average Bonchev–Trinajstić information content (AvgIpc) is 2.62. The largest absolute Gasteiger partial charge is 0.331 e. The van der Waals surface area contributed by atoms with Crippen LogP contribution in [0.5, 0.6) is 0 Å². The first-order chi connectivity index (χ1) is 8.71. The summed E-state index contributed by atoms with van der Waals surface area (Å²) in [5, 5.41) is 0.154. The van der Waals surface area contributed by atoms with E-state index in [4.69, 9.17) is 11.6 Å². The Balaban J connectivity index is 2.67. The van der Waals surface area contributed by atoms with Crippen LogP contribution in [0.2, 0.25) is 5.02 Å². The van der Waals surface area contributed by atoms with Crippen LogP contribution in [0.15, 0.2) is 18.3 Å². The Labute approximate surface area is 118 Å². The van der Waals surface area contributed by atoms with Crippen molar-refractivity contribution >= 4 is 11.6 Å². The fourth-order valence-corrected chi connectivity index (χ4v) is 2.27. The lowest BCUT2D eigenvalue weighted by molar-refractivity contribution is 0.523. The van der Waals surface area contributed by atoms with Crippen molar-refractivity contribution in [3.63, 3.8) is 0 Å². The van der Waals surface area contributed by atoms with Crippen molar-refractivity contribution in [3.05, 3.63) is 40.6 Å². The van der Waals surface area contributed by atoms with Gasteiger partial charge in [-0.25, -0.2) is 9.37 Å². The van der Waals surface area contributed by atoms with E-state index >= 15 is 0 Å². The van der Waals surface area contributed by atoms with E-state index in [1.54, 1.807) is 12.3 Å². The first-order valence-electron chi connectivity index (χ1n) is 6.20. The smallest absolute Gasteiger partial charge is 0.145 e. The summed E-state index contributed by atoms with van der Waals surface area (Å²) >= 11 is 6.03. The quantitative estimate of drug-likeness (QED) is 0.753. The Bertz CT molecular complexity index is 624. The summed E-state index contributed by atoms with van der Waals surface area (Å²) in [5.41, 5.74) is 2.15. The summed E-state index contributed by atoms with van der Waals surface area (Å²) in [7, 11) is 1.94. The number of halogens is 2. The third-order valence-electron chi connectivity index (χ3n) is 3.35. The summed E-state index contributed by atoms with van der Waals surface area (Å²) in [6.07, 6.45) is 1.78. The van der Waals surface area contributed by atoms with E-state index in [0.29, 0.717) is 5.56 Å². The molecule has 2 nitrogen and oxygen atoms in total. The van der Waals surface area contributed by atoms with Crippen LogP contribution in [0, 0.1) is 12.7 Å². The molecule has 0 aliphatic heterocycles. The molecule has 1 aromatic carbocycles. The normalized spacial score (nSPS) is 11.9. The zero-order valence-electron chi connectivity index (χ0n) is 11.9. The molecule has 4 heteroatoms. The summed E-state index contributed by atoms with van der Waals surface area (Å²) in [6.45, 7) is 7.85. The Morgan fingerprint density at radius 3 is 2.37 bits per heavy atom. The van der Waals surface area contributed by atoms with E-state index in [1.165, 1.54) is 0 Å². The third-order valence-corrected chi connectivity index (χ3v) is 3.63. The highest BCUT2D eigenvalue weighted by atomic mass is 35.5. The molecule has 0 aliphatic carbocycles. The van der Waals surface area contributed by atoms with Gasteiger partial charge in [0.15, 0.2) is 0 Å². The molecule has 0 unspecified atom stereocenters. The number of aromatic nitrogens is 2. The predicted octanol–water partition coefficient (Wildman–Crippen LogP) is 4.49. The van der Waals surface area contributed by atoms with Gasteiger partial charge in [0.2, 0.25) is 0 Å². The fourth-order valence-electron chi connectivity index (χ4n) is 2.05. The molecule has 0 atom stereocenters. The first-order valence-corrected chi connectivity index (χ1v) is 6.58. The molecule has 0 spiro atoms. The molecule has 0 aliphatic rings. The van der Waals surface area contributed by atoms with Gasteiger partial charge in [-0.15, -0.1) is 0 Å². The van der Waals surface area contributed by atoms with E-state index in [9.17, 15) is 4.39 Å². The Kier molecular flexibility index (Phi) is 3.43. The van der Waals surface area contributed by atoms with Crippen LogP contribution in [0.1, 0.15) is 32.2 Å². The molecule has 0 N–H and O–H groups in total. The molecule has 0 amide bonds. The van der Waals surface area contributed by atoms with Gasteiger partial charge < -0.3 is 4.57 Å². The number of imidazole rings is 1. The zero-order chi connectivity index (χ0) is 14.4. The molecule has 0 bridgehead atoms. The zero-order valence-corrected chi connectivity index (χ0v) is 12.6. The molecule has 102 valence electrons. The highest BCUT2D eigenvalue weighted by molar-refractivity contribution is 6.31. The summed E-state index contributed by atoms with van der Waals surface area (Å²) in [4.78, 5) is 4.26. The second kappa shape index (κ2) is 4.64. The van der Waals surface area contributed by atoms with Gasteiger partial charge >= 0.3 is 0 Å². The molecule has 2 aromatic rings. The van der Waals surface area contributed by atoms with Crippen LogP contribution in [0.3, 0.4) is 0 Å². The van der Waals surface area contributed by atoms with Crippen LogP contribution in [-0.2, 0) is 12.5 Å². The van der Waals surface area contributed by atoms with Crippen molar-refractivity contribution in [3.8, 4) is 11.3 Å². The molecule has 0 saturated carbocycles. The van der Waals surface area contributed by atoms with Crippen LogP contribution in [0.4, 0.5) is 4.39 Å². The van der Waals surface area contributed by atoms with E-state index in [0.717, 1.165) is 17.1 Å². The molecule has 2 rings (SSSR count). The van der Waals surface area contributed by atoms with Gasteiger partial charge in [-0.1, -0.05) is 32.4 Å². The average molecular weight is 281 g/mol.